The summed E-state index contributed by atoms with van der Waals surface area (Å²) < 4.78 is 18.1. The second kappa shape index (κ2) is 9.02. The smallest absolute Gasteiger partial charge is 0.351 e. The van der Waals surface area contributed by atoms with Gasteiger partial charge < -0.3 is 29.7 Å². The van der Waals surface area contributed by atoms with E-state index in [1.54, 1.807) is 30.3 Å². The molecule has 0 spiro atoms. The van der Waals surface area contributed by atoms with Crippen molar-refractivity contribution in [2.45, 2.75) is 43.7 Å². The first-order valence-electron chi connectivity index (χ1n) is 9.74. The van der Waals surface area contributed by atoms with Crippen molar-refractivity contribution in [2.24, 2.45) is 0 Å². The van der Waals surface area contributed by atoms with Crippen LogP contribution in [-0.4, -0.2) is 63.5 Å². The van der Waals surface area contributed by atoms with Crippen molar-refractivity contribution in [3.63, 3.8) is 0 Å². The highest BCUT2D eigenvalue weighted by Crippen LogP contribution is 2.33. The van der Waals surface area contributed by atoms with E-state index in [0.29, 0.717) is 18.6 Å². The fourth-order valence-electron chi connectivity index (χ4n) is 3.52. The first kappa shape index (κ1) is 20.6. The highest BCUT2D eigenvalue weighted by atomic mass is 16.7. The molecule has 2 aliphatic rings. The molecular formula is C20H23N3O7. The van der Waals surface area contributed by atoms with Crippen molar-refractivity contribution in [1.82, 2.24) is 9.55 Å². The van der Waals surface area contributed by atoms with Crippen LogP contribution in [0.3, 0.4) is 0 Å². The Labute approximate surface area is 172 Å². The molecule has 1 amide bonds. The lowest BCUT2D eigenvalue weighted by Gasteiger charge is -2.25. The summed E-state index contributed by atoms with van der Waals surface area (Å²) in [5, 5.41) is 22.5. The molecule has 0 radical (unpaired) electrons. The number of rotatable bonds is 6. The van der Waals surface area contributed by atoms with Crippen molar-refractivity contribution in [2.75, 3.05) is 18.5 Å². The van der Waals surface area contributed by atoms with Crippen LogP contribution in [0.2, 0.25) is 0 Å². The second-order valence-electron chi connectivity index (χ2n) is 7.10. The summed E-state index contributed by atoms with van der Waals surface area (Å²) in [4.78, 5) is 28.8. The highest BCUT2D eigenvalue weighted by Gasteiger charge is 2.47. The molecule has 5 atom stereocenters. The fraction of sp³-hybridized carbons (Fsp3) is 0.450. The maximum Gasteiger partial charge on any atom is 0.351 e. The summed E-state index contributed by atoms with van der Waals surface area (Å²) in [6.45, 7) is 0.121. The molecule has 1 aromatic carbocycles. The van der Waals surface area contributed by atoms with Gasteiger partial charge in [0.2, 0.25) is 0 Å². The van der Waals surface area contributed by atoms with Crippen LogP contribution in [-0.2, 0) is 14.2 Å². The average Bonchev–Trinajstić information content (AvgIpc) is 3.38. The normalized spacial score (nSPS) is 28.5. The van der Waals surface area contributed by atoms with Gasteiger partial charge in [-0.05, 0) is 24.6 Å². The molecule has 2 aromatic rings. The van der Waals surface area contributed by atoms with E-state index in [1.807, 2.05) is 0 Å². The molecule has 10 nitrogen and oxygen atoms in total. The van der Waals surface area contributed by atoms with Gasteiger partial charge in [-0.15, -0.1) is 0 Å². The first-order valence-corrected chi connectivity index (χ1v) is 9.74. The zero-order chi connectivity index (χ0) is 21.1. The van der Waals surface area contributed by atoms with Gasteiger partial charge >= 0.3 is 5.69 Å². The molecule has 0 unspecified atom stereocenters. The van der Waals surface area contributed by atoms with Crippen LogP contribution in [0.1, 0.15) is 29.4 Å². The monoisotopic (exact) mass is 417 g/mol. The first-order chi connectivity index (χ1) is 14.6. The van der Waals surface area contributed by atoms with Crippen molar-refractivity contribution in [3.8, 4) is 0 Å². The number of aromatic nitrogens is 2. The molecule has 160 valence electrons. The molecule has 4 rings (SSSR count). The molecule has 3 N–H and O–H groups in total. The summed E-state index contributed by atoms with van der Waals surface area (Å²) in [6, 6.07) is 10.00. The Hall–Kier alpha value is -2.63. The van der Waals surface area contributed by atoms with Crippen LogP contribution in [0, 0.1) is 0 Å². The molecule has 2 saturated heterocycles. The number of carbonyl (C=O) groups is 1. The number of amides is 1. The minimum Gasteiger partial charge on any atom is -0.394 e. The van der Waals surface area contributed by atoms with E-state index < -0.39 is 49.0 Å². The molecule has 2 aliphatic heterocycles. The summed E-state index contributed by atoms with van der Waals surface area (Å²) in [5.41, 5.74) is -0.265. The Morgan fingerprint density at radius 1 is 1.30 bits per heavy atom. The van der Waals surface area contributed by atoms with Gasteiger partial charge in [-0.25, -0.2) is 4.79 Å². The van der Waals surface area contributed by atoms with E-state index in [9.17, 15) is 19.8 Å². The molecule has 0 bridgehead atoms. The number of aliphatic hydroxyl groups excluding tert-OH is 2. The Morgan fingerprint density at radius 3 is 2.77 bits per heavy atom. The SMILES string of the molecule is O=C(Nc1ccn([C@@H]2O[C@H](CO)[C@@H](O)[C@H]2O[C@@H]2CCCO2)c(=O)n1)c1ccccc1. The molecule has 30 heavy (non-hydrogen) atoms. The van der Waals surface area contributed by atoms with E-state index in [4.69, 9.17) is 14.2 Å². The number of anilines is 1. The topological polar surface area (TPSA) is 132 Å². The van der Waals surface area contributed by atoms with Crippen molar-refractivity contribution in [1.29, 1.82) is 0 Å². The zero-order valence-corrected chi connectivity index (χ0v) is 16.1. The number of carbonyl (C=O) groups excluding carboxylic acids is 1. The van der Waals surface area contributed by atoms with Crippen molar-refractivity contribution >= 4 is 11.7 Å². The van der Waals surface area contributed by atoms with Crippen LogP contribution >= 0.6 is 0 Å². The van der Waals surface area contributed by atoms with E-state index in [1.165, 1.54) is 12.3 Å². The number of nitrogens with one attached hydrogen (secondary N) is 1. The summed E-state index contributed by atoms with van der Waals surface area (Å²) in [7, 11) is 0. The summed E-state index contributed by atoms with van der Waals surface area (Å²) in [6.07, 6.45) is -1.59. The minimum absolute atomic E-state index is 0.0824. The van der Waals surface area contributed by atoms with Gasteiger partial charge in [0.05, 0.1) is 6.61 Å². The molecule has 2 fully saturated rings. The predicted molar refractivity (Wildman–Crippen MR) is 104 cm³/mol. The van der Waals surface area contributed by atoms with E-state index in [2.05, 4.69) is 10.3 Å². The van der Waals surface area contributed by atoms with Gasteiger partial charge in [-0.1, -0.05) is 18.2 Å². The number of aliphatic hydroxyl groups is 2. The number of benzene rings is 1. The largest absolute Gasteiger partial charge is 0.394 e. The minimum atomic E-state index is -1.14. The van der Waals surface area contributed by atoms with Crippen LogP contribution in [0.5, 0.6) is 0 Å². The third-order valence-electron chi connectivity index (χ3n) is 5.07. The van der Waals surface area contributed by atoms with Crippen molar-refractivity contribution in [3.05, 3.63) is 58.6 Å². The number of hydrogen-bond acceptors (Lipinski definition) is 8. The standard InChI is InChI=1S/C20H23N3O7/c24-11-13-16(25)17(30-15-7-4-10-28-15)19(29-13)23-9-8-14(22-20(23)27)21-18(26)12-5-2-1-3-6-12/h1-3,5-6,8-9,13,15-17,19,24-25H,4,7,10-11H2,(H,21,22,26,27)/t13-,15-,16-,17-,19-/m1/s1. The molecule has 10 heteroatoms. The molecular weight excluding hydrogens is 394 g/mol. The van der Waals surface area contributed by atoms with Gasteiger partial charge in [0, 0.05) is 24.8 Å². The van der Waals surface area contributed by atoms with E-state index in [-0.39, 0.29) is 5.82 Å². The Kier molecular flexibility index (Phi) is 6.21. The maximum atomic E-state index is 12.6. The number of nitrogens with zero attached hydrogens (tertiary/aromatic N) is 2. The second-order valence-corrected chi connectivity index (χ2v) is 7.10. The molecule has 0 aliphatic carbocycles. The van der Waals surface area contributed by atoms with E-state index >= 15 is 0 Å². The molecule has 1 aromatic heterocycles. The average molecular weight is 417 g/mol. The van der Waals surface area contributed by atoms with Gasteiger partial charge in [-0.3, -0.25) is 9.36 Å². The molecule has 0 saturated carbocycles. The summed E-state index contributed by atoms with van der Waals surface area (Å²) in [5.74, 6) is -0.313. The third kappa shape index (κ3) is 4.27. The van der Waals surface area contributed by atoms with Crippen LogP contribution in [0.25, 0.3) is 0 Å². The number of ether oxygens (including phenoxy) is 3. The summed E-state index contributed by atoms with van der Waals surface area (Å²) >= 11 is 0. The zero-order valence-electron chi connectivity index (χ0n) is 16.1. The number of hydrogen-bond donors (Lipinski definition) is 3. The Bertz CT molecular complexity index is 929. The van der Waals surface area contributed by atoms with Crippen LogP contribution < -0.4 is 11.0 Å². The van der Waals surface area contributed by atoms with Crippen LogP contribution in [0.4, 0.5) is 5.82 Å². The lowest BCUT2D eigenvalue weighted by atomic mass is 10.1. The van der Waals surface area contributed by atoms with E-state index in [0.717, 1.165) is 11.0 Å². The Balaban J connectivity index is 1.53. The van der Waals surface area contributed by atoms with Gasteiger partial charge in [0.25, 0.3) is 5.91 Å². The highest BCUT2D eigenvalue weighted by molar-refractivity contribution is 6.03. The molecule has 3 heterocycles. The lowest BCUT2D eigenvalue weighted by molar-refractivity contribution is -0.182. The van der Waals surface area contributed by atoms with Gasteiger partial charge in [0.1, 0.15) is 24.1 Å². The third-order valence-corrected chi connectivity index (χ3v) is 5.07. The van der Waals surface area contributed by atoms with Gasteiger partial charge in [0.15, 0.2) is 12.5 Å². The van der Waals surface area contributed by atoms with Crippen LogP contribution in [0.15, 0.2) is 47.4 Å². The van der Waals surface area contributed by atoms with Gasteiger partial charge in [-0.2, -0.15) is 4.98 Å². The predicted octanol–water partition coefficient (Wildman–Crippen LogP) is 0.268. The van der Waals surface area contributed by atoms with Crippen molar-refractivity contribution < 1.29 is 29.2 Å². The lowest BCUT2D eigenvalue weighted by Crippen LogP contribution is -2.40. The Morgan fingerprint density at radius 2 is 2.10 bits per heavy atom. The quantitative estimate of drug-likeness (QED) is 0.610. The maximum absolute atomic E-state index is 12.6. The fourth-order valence-corrected chi connectivity index (χ4v) is 3.52.